The van der Waals surface area contributed by atoms with Crippen molar-refractivity contribution in [3.8, 4) is 5.69 Å². The van der Waals surface area contributed by atoms with Crippen LogP contribution in [0.2, 0.25) is 0 Å². The highest BCUT2D eigenvalue weighted by atomic mass is 19.1. The lowest BCUT2D eigenvalue weighted by molar-refractivity contribution is 0.0764. The lowest BCUT2D eigenvalue weighted by atomic mass is 9.89. The molecule has 0 saturated heterocycles. The number of halogens is 1. The van der Waals surface area contributed by atoms with Gasteiger partial charge in [-0.15, -0.1) is 0 Å². The molecule has 0 amide bonds. The van der Waals surface area contributed by atoms with E-state index in [-0.39, 0.29) is 23.1 Å². The summed E-state index contributed by atoms with van der Waals surface area (Å²) in [5.41, 5.74) is 0.639. The summed E-state index contributed by atoms with van der Waals surface area (Å²) in [6.07, 6.45) is 0.127. The predicted octanol–water partition coefficient (Wildman–Crippen LogP) is 3.87. The number of benzene rings is 3. The Morgan fingerprint density at radius 3 is 2.55 bits per heavy atom. The van der Waals surface area contributed by atoms with Crippen molar-refractivity contribution in [1.29, 1.82) is 0 Å². The zero-order chi connectivity index (χ0) is 21.2. The van der Waals surface area contributed by atoms with E-state index in [2.05, 4.69) is 4.98 Å². The fourth-order valence-corrected chi connectivity index (χ4v) is 4.47. The van der Waals surface area contributed by atoms with Gasteiger partial charge in [-0.25, -0.2) is 9.37 Å². The molecule has 31 heavy (non-hydrogen) atoms. The standard InChI is InChI=1S/C25H16FN3O2/c26-18-8-5-10-20-22(18)23(30)29-21-11-4-2-7-17(21)25(31,24(29)28-20)14-16-13-12-15-6-1-3-9-19(15)27-16/h1-13,31H,14H2. The Morgan fingerprint density at radius 1 is 0.871 bits per heavy atom. The van der Waals surface area contributed by atoms with Gasteiger partial charge in [-0.2, -0.15) is 0 Å². The second-order valence-electron chi connectivity index (χ2n) is 7.76. The normalized spacial score (nSPS) is 17.1. The van der Waals surface area contributed by atoms with Gasteiger partial charge in [-0.1, -0.05) is 48.5 Å². The average Bonchev–Trinajstić information content (AvgIpc) is 3.02. The van der Waals surface area contributed by atoms with Gasteiger partial charge >= 0.3 is 0 Å². The van der Waals surface area contributed by atoms with Gasteiger partial charge in [0.2, 0.25) is 0 Å². The van der Waals surface area contributed by atoms with Gasteiger partial charge in [-0.05, 0) is 30.3 Å². The summed E-state index contributed by atoms with van der Waals surface area (Å²) in [6.45, 7) is 0. The Balaban J connectivity index is 1.62. The molecule has 2 aromatic heterocycles. The summed E-state index contributed by atoms with van der Waals surface area (Å²) in [5.74, 6) is -0.457. The number of fused-ring (bicyclic) bond motifs is 5. The van der Waals surface area contributed by atoms with E-state index in [1.165, 1.54) is 16.7 Å². The molecule has 0 radical (unpaired) electrons. The molecule has 6 heteroatoms. The van der Waals surface area contributed by atoms with E-state index in [1.54, 1.807) is 30.3 Å². The van der Waals surface area contributed by atoms with Crippen LogP contribution in [0.25, 0.3) is 27.5 Å². The molecule has 0 aliphatic carbocycles. The molecule has 0 fully saturated rings. The van der Waals surface area contributed by atoms with Crippen LogP contribution in [0.1, 0.15) is 17.1 Å². The monoisotopic (exact) mass is 409 g/mol. The Labute approximate surface area is 176 Å². The summed E-state index contributed by atoms with van der Waals surface area (Å²) in [4.78, 5) is 22.5. The molecule has 3 heterocycles. The fraction of sp³-hybridized carbons (Fsp3) is 0.0800. The summed E-state index contributed by atoms with van der Waals surface area (Å²) < 4.78 is 15.8. The maximum absolute atomic E-state index is 14.5. The lowest BCUT2D eigenvalue weighted by Gasteiger charge is -2.23. The van der Waals surface area contributed by atoms with Crippen molar-refractivity contribution in [3.63, 3.8) is 0 Å². The lowest BCUT2D eigenvalue weighted by Crippen LogP contribution is -2.32. The van der Waals surface area contributed by atoms with Crippen LogP contribution in [0, 0.1) is 5.82 Å². The number of nitrogens with zero attached hydrogens (tertiary/aromatic N) is 3. The molecule has 5 aromatic rings. The highest BCUT2D eigenvalue weighted by Gasteiger charge is 2.45. The van der Waals surface area contributed by atoms with Gasteiger partial charge in [0.15, 0.2) is 11.4 Å². The number of aromatic nitrogens is 3. The average molecular weight is 409 g/mol. The second kappa shape index (κ2) is 6.30. The molecular weight excluding hydrogens is 393 g/mol. The number of pyridine rings is 1. The second-order valence-corrected chi connectivity index (χ2v) is 7.76. The molecule has 0 saturated carbocycles. The molecule has 3 aromatic carbocycles. The minimum atomic E-state index is -1.58. The van der Waals surface area contributed by atoms with Gasteiger partial charge in [0, 0.05) is 23.1 Å². The first-order chi connectivity index (χ1) is 15.1. The van der Waals surface area contributed by atoms with Crippen LogP contribution in [0.3, 0.4) is 0 Å². The predicted molar refractivity (Wildman–Crippen MR) is 116 cm³/mol. The number of hydrogen-bond acceptors (Lipinski definition) is 4. The molecule has 0 spiro atoms. The van der Waals surface area contributed by atoms with Crippen LogP contribution in [0.5, 0.6) is 0 Å². The van der Waals surface area contributed by atoms with E-state index in [0.717, 1.165) is 10.9 Å². The van der Waals surface area contributed by atoms with Crippen molar-refractivity contribution >= 4 is 21.8 Å². The third kappa shape index (κ3) is 2.49. The van der Waals surface area contributed by atoms with E-state index in [4.69, 9.17) is 4.98 Å². The van der Waals surface area contributed by atoms with Crippen molar-refractivity contribution in [2.75, 3.05) is 0 Å². The first-order valence-corrected chi connectivity index (χ1v) is 9.95. The van der Waals surface area contributed by atoms with Gasteiger partial charge in [0.1, 0.15) is 11.2 Å². The van der Waals surface area contributed by atoms with Crippen LogP contribution in [-0.4, -0.2) is 19.6 Å². The molecular formula is C25H16FN3O2. The molecule has 5 nitrogen and oxygen atoms in total. The highest BCUT2D eigenvalue weighted by Crippen LogP contribution is 2.41. The zero-order valence-electron chi connectivity index (χ0n) is 16.3. The van der Waals surface area contributed by atoms with Gasteiger partial charge < -0.3 is 5.11 Å². The van der Waals surface area contributed by atoms with Crippen LogP contribution in [0.15, 0.2) is 83.7 Å². The Hall–Kier alpha value is -3.90. The first-order valence-electron chi connectivity index (χ1n) is 9.95. The summed E-state index contributed by atoms with van der Waals surface area (Å²) in [6, 6.07) is 23.0. The van der Waals surface area contributed by atoms with Crippen LogP contribution >= 0.6 is 0 Å². The number of aliphatic hydroxyl groups is 1. The van der Waals surface area contributed by atoms with E-state index < -0.39 is 17.0 Å². The number of para-hydroxylation sites is 2. The zero-order valence-corrected chi connectivity index (χ0v) is 16.3. The number of hydrogen-bond donors (Lipinski definition) is 1. The van der Waals surface area contributed by atoms with Crippen molar-refractivity contribution in [3.05, 3.63) is 112 Å². The molecule has 1 aliphatic rings. The summed E-state index contributed by atoms with van der Waals surface area (Å²) in [5, 5.41) is 12.8. The van der Waals surface area contributed by atoms with Crippen molar-refractivity contribution in [1.82, 2.24) is 14.5 Å². The number of rotatable bonds is 2. The largest absolute Gasteiger partial charge is 0.377 e. The Kier molecular flexibility index (Phi) is 3.64. The molecule has 0 bridgehead atoms. The first kappa shape index (κ1) is 17.9. The van der Waals surface area contributed by atoms with E-state index in [0.29, 0.717) is 16.9 Å². The minimum Gasteiger partial charge on any atom is -0.377 e. The SMILES string of the molecule is O=c1c2c(F)cccc2nc2n1-c1ccccc1C2(O)Cc1ccc2ccccc2n1. The summed E-state index contributed by atoms with van der Waals surface area (Å²) >= 11 is 0. The van der Waals surface area contributed by atoms with E-state index in [1.807, 2.05) is 36.4 Å². The van der Waals surface area contributed by atoms with Gasteiger partial charge in [0.05, 0.1) is 16.7 Å². The van der Waals surface area contributed by atoms with Crippen LogP contribution in [-0.2, 0) is 12.0 Å². The van der Waals surface area contributed by atoms with E-state index >= 15 is 0 Å². The minimum absolute atomic E-state index is 0.0888. The van der Waals surface area contributed by atoms with Crippen molar-refractivity contribution in [2.24, 2.45) is 0 Å². The third-order valence-corrected chi connectivity index (χ3v) is 5.90. The smallest absolute Gasteiger partial charge is 0.269 e. The molecule has 1 aliphatic heterocycles. The Morgan fingerprint density at radius 2 is 1.65 bits per heavy atom. The maximum Gasteiger partial charge on any atom is 0.269 e. The summed E-state index contributed by atoms with van der Waals surface area (Å²) in [7, 11) is 0. The third-order valence-electron chi connectivity index (χ3n) is 5.90. The topological polar surface area (TPSA) is 68.0 Å². The maximum atomic E-state index is 14.5. The van der Waals surface area contributed by atoms with Crippen LogP contribution < -0.4 is 5.56 Å². The van der Waals surface area contributed by atoms with E-state index in [9.17, 15) is 14.3 Å². The molecule has 1 unspecified atom stereocenters. The van der Waals surface area contributed by atoms with Crippen molar-refractivity contribution < 1.29 is 9.50 Å². The molecule has 150 valence electrons. The van der Waals surface area contributed by atoms with Crippen LogP contribution in [0.4, 0.5) is 4.39 Å². The van der Waals surface area contributed by atoms with Gasteiger partial charge in [-0.3, -0.25) is 14.3 Å². The molecule has 6 rings (SSSR count). The van der Waals surface area contributed by atoms with Crippen molar-refractivity contribution in [2.45, 2.75) is 12.0 Å². The fourth-order valence-electron chi connectivity index (χ4n) is 4.47. The molecule has 1 atom stereocenters. The highest BCUT2D eigenvalue weighted by molar-refractivity contribution is 5.80. The molecule has 1 N–H and O–H groups in total. The quantitative estimate of drug-likeness (QED) is 0.481. The van der Waals surface area contributed by atoms with Gasteiger partial charge in [0.25, 0.3) is 5.56 Å². The Bertz CT molecular complexity index is 1580.